The van der Waals surface area contributed by atoms with Crippen LogP contribution >= 0.6 is 0 Å². The second-order valence-electron chi connectivity index (χ2n) is 5.91. The number of hydrogen-bond donors (Lipinski definition) is 0. The monoisotopic (exact) mass is 258 g/mol. The van der Waals surface area contributed by atoms with Gasteiger partial charge in [-0.2, -0.15) is 0 Å². The fraction of sp³-hybridized carbons (Fsp3) is 1.00. The number of ether oxygens (including phenoxy) is 5. The van der Waals surface area contributed by atoms with Crippen LogP contribution in [-0.4, -0.2) is 42.8 Å². The van der Waals surface area contributed by atoms with Gasteiger partial charge in [0.2, 0.25) is 0 Å². The Bertz CT molecular complexity index is 315. The highest BCUT2D eigenvalue weighted by Gasteiger charge is 2.53. The summed E-state index contributed by atoms with van der Waals surface area (Å²) in [5.74, 6) is -1.00. The molecular formula is C13H22O5. The molecule has 0 aliphatic carbocycles. The maximum absolute atomic E-state index is 5.92. The first-order valence-corrected chi connectivity index (χ1v) is 6.74. The van der Waals surface area contributed by atoms with Crippen LogP contribution in [0.5, 0.6) is 0 Å². The van der Waals surface area contributed by atoms with Crippen molar-refractivity contribution in [2.24, 2.45) is 0 Å². The summed E-state index contributed by atoms with van der Waals surface area (Å²) < 4.78 is 29.0. The van der Waals surface area contributed by atoms with Crippen LogP contribution in [0.3, 0.4) is 0 Å². The predicted octanol–water partition coefficient (Wildman–Crippen LogP) is 1.79. The molecule has 3 rings (SSSR count). The van der Waals surface area contributed by atoms with Crippen LogP contribution in [0.1, 0.15) is 40.5 Å². The Morgan fingerprint density at radius 2 is 1.78 bits per heavy atom. The van der Waals surface area contributed by atoms with E-state index in [-0.39, 0.29) is 24.6 Å². The maximum atomic E-state index is 5.92. The lowest BCUT2D eigenvalue weighted by molar-refractivity contribution is -0.229. The van der Waals surface area contributed by atoms with Crippen molar-refractivity contribution < 1.29 is 23.7 Å². The quantitative estimate of drug-likeness (QED) is 0.755. The molecule has 0 amide bonds. The summed E-state index contributed by atoms with van der Waals surface area (Å²) in [5, 5.41) is 0. The number of fused-ring (bicyclic) bond motifs is 1. The second kappa shape index (κ2) is 4.15. The van der Waals surface area contributed by atoms with Crippen LogP contribution < -0.4 is 0 Å². The van der Waals surface area contributed by atoms with Crippen LogP contribution in [0.2, 0.25) is 0 Å². The summed E-state index contributed by atoms with van der Waals surface area (Å²) in [6.07, 6.45) is 1.38. The molecule has 0 aromatic carbocycles. The van der Waals surface area contributed by atoms with Crippen molar-refractivity contribution in [3.8, 4) is 0 Å². The van der Waals surface area contributed by atoms with Gasteiger partial charge in [-0.25, -0.2) is 0 Å². The SMILES string of the molecule is CCC1(C)OC2O[C@H](C3COC(C)(C)O3)C[C@H]2O1. The van der Waals surface area contributed by atoms with Crippen LogP contribution in [0, 0.1) is 0 Å². The molecule has 3 saturated heterocycles. The minimum atomic E-state index is -0.509. The van der Waals surface area contributed by atoms with Crippen LogP contribution in [0.25, 0.3) is 0 Å². The molecule has 3 heterocycles. The van der Waals surface area contributed by atoms with Crippen LogP contribution in [-0.2, 0) is 23.7 Å². The molecule has 5 nitrogen and oxygen atoms in total. The van der Waals surface area contributed by atoms with Gasteiger partial charge < -0.3 is 23.7 Å². The first-order valence-electron chi connectivity index (χ1n) is 6.74. The van der Waals surface area contributed by atoms with E-state index in [4.69, 9.17) is 23.7 Å². The van der Waals surface area contributed by atoms with Crippen LogP contribution in [0.15, 0.2) is 0 Å². The van der Waals surface area contributed by atoms with Crippen molar-refractivity contribution in [1.82, 2.24) is 0 Å². The van der Waals surface area contributed by atoms with E-state index in [1.807, 2.05) is 20.8 Å². The first-order chi connectivity index (χ1) is 8.41. The van der Waals surface area contributed by atoms with Crippen molar-refractivity contribution in [3.05, 3.63) is 0 Å². The Hall–Kier alpha value is -0.200. The van der Waals surface area contributed by atoms with Gasteiger partial charge in [-0.15, -0.1) is 0 Å². The molecule has 0 bridgehead atoms. The van der Waals surface area contributed by atoms with Crippen LogP contribution in [0.4, 0.5) is 0 Å². The van der Waals surface area contributed by atoms with E-state index in [1.54, 1.807) is 0 Å². The fourth-order valence-corrected chi connectivity index (χ4v) is 2.76. The third-order valence-electron chi connectivity index (χ3n) is 3.93. The summed E-state index contributed by atoms with van der Waals surface area (Å²) in [7, 11) is 0. The zero-order valence-corrected chi connectivity index (χ0v) is 11.5. The van der Waals surface area contributed by atoms with E-state index in [2.05, 4.69) is 6.92 Å². The highest BCUT2D eigenvalue weighted by atomic mass is 16.8. The van der Waals surface area contributed by atoms with Gasteiger partial charge in [-0.3, -0.25) is 0 Å². The largest absolute Gasteiger partial charge is 0.348 e. The van der Waals surface area contributed by atoms with Crippen molar-refractivity contribution in [2.45, 2.75) is 76.7 Å². The third-order valence-corrected chi connectivity index (χ3v) is 3.93. The zero-order chi connectivity index (χ0) is 13.0. The van der Waals surface area contributed by atoms with E-state index in [0.717, 1.165) is 12.8 Å². The summed E-state index contributed by atoms with van der Waals surface area (Å²) in [6.45, 7) is 8.42. The Morgan fingerprint density at radius 3 is 2.33 bits per heavy atom. The van der Waals surface area contributed by atoms with Gasteiger partial charge in [0.25, 0.3) is 0 Å². The standard InChI is InChI=1S/C13H22O5/c1-5-13(4)17-9-6-8(15-11(9)18-13)10-7-14-12(2,3)16-10/h8-11H,5-7H2,1-4H3/t8-,9+,10?,11?,13?/m0/s1. The molecule has 5 heteroatoms. The molecule has 0 N–H and O–H groups in total. The normalized spacial score (nSPS) is 50.7. The molecule has 18 heavy (non-hydrogen) atoms. The number of rotatable bonds is 2. The Morgan fingerprint density at radius 1 is 1.00 bits per heavy atom. The van der Waals surface area contributed by atoms with E-state index in [9.17, 15) is 0 Å². The molecule has 3 aliphatic rings. The molecule has 0 aromatic rings. The lowest BCUT2D eigenvalue weighted by Crippen LogP contribution is -2.34. The van der Waals surface area contributed by atoms with Crippen molar-refractivity contribution in [2.75, 3.05) is 6.61 Å². The molecule has 104 valence electrons. The summed E-state index contributed by atoms with van der Waals surface area (Å²) in [6, 6.07) is 0. The van der Waals surface area contributed by atoms with Gasteiger partial charge in [0.15, 0.2) is 17.9 Å². The van der Waals surface area contributed by atoms with E-state index >= 15 is 0 Å². The van der Waals surface area contributed by atoms with E-state index < -0.39 is 11.6 Å². The molecule has 0 spiro atoms. The minimum Gasteiger partial charge on any atom is -0.348 e. The average Bonchev–Trinajstić information content (AvgIpc) is 2.89. The molecule has 5 atom stereocenters. The van der Waals surface area contributed by atoms with E-state index in [0.29, 0.717) is 6.61 Å². The fourth-order valence-electron chi connectivity index (χ4n) is 2.76. The molecule has 3 aliphatic heterocycles. The van der Waals surface area contributed by atoms with Gasteiger partial charge in [0.05, 0.1) is 12.7 Å². The molecule has 3 unspecified atom stereocenters. The van der Waals surface area contributed by atoms with Gasteiger partial charge in [0.1, 0.15) is 12.2 Å². The second-order valence-corrected chi connectivity index (χ2v) is 5.91. The summed E-state index contributed by atoms with van der Waals surface area (Å²) >= 11 is 0. The first kappa shape index (κ1) is 12.8. The lowest BCUT2D eigenvalue weighted by Gasteiger charge is -2.25. The van der Waals surface area contributed by atoms with Gasteiger partial charge in [-0.05, 0) is 27.2 Å². The molecule has 0 saturated carbocycles. The maximum Gasteiger partial charge on any atom is 0.187 e. The highest BCUT2D eigenvalue weighted by Crippen LogP contribution is 2.41. The minimum absolute atomic E-state index is 0.00295. The summed E-state index contributed by atoms with van der Waals surface area (Å²) in [4.78, 5) is 0. The van der Waals surface area contributed by atoms with Crippen molar-refractivity contribution in [3.63, 3.8) is 0 Å². The molecule has 0 aromatic heterocycles. The van der Waals surface area contributed by atoms with Crippen molar-refractivity contribution in [1.29, 1.82) is 0 Å². The average molecular weight is 258 g/mol. The third kappa shape index (κ3) is 2.18. The lowest BCUT2D eigenvalue weighted by atomic mass is 10.1. The van der Waals surface area contributed by atoms with Gasteiger partial charge in [0, 0.05) is 6.42 Å². The Balaban J connectivity index is 1.59. The van der Waals surface area contributed by atoms with Gasteiger partial charge >= 0.3 is 0 Å². The smallest absolute Gasteiger partial charge is 0.187 e. The molecule has 0 radical (unpaired) electrons. The van der Waals surface area contributed by atoms with Crippen molar-refractivity contribution >= 4 is 0 Å². The van der Waals surface area contributed by atoms with Gasteiger partial charge in [-0.1, -0.05) is 6.92 Å². The number of hydrogen-bond acceptors (Lipinski definition) is 5. The zero-order valence-electron chi connectivity index (χ0n) is 11.5. The molecule has 3 fully saturated rings. The van der Waals surface area contributed by atoms with E-state index in [1.165, 1.54) is 0 Å². The Kier molecular flexibility index (Phi) is 2.95. The Labute approximate surface area is 108 Å². The predicted molar refractivity (Wildman–Crippen MR) is 62.8 cm³/mol. The highest BCUT2D eigenvalue weighted by molar-refractivity contribution is 4.91. The summed E-state index contributed by atoms with van der Waals surface area (Å²) in [5.41, 5.74) is 0. The molecular weight excluding hydrogens is 236 g/mol. The topological polar surface area (TPSA) is 46.2 Å².